The molecule has 0 bridgehead atoms. The maximum absolute atomic E-state index is 13.0. The molecule has 3 heterocycles. The molecule has 2 atom stereocenters. The standard InChI is InChI=1S/C22H24F3N3O4/c23-22(24,25)16-3-4-19-15(5-16)6-17(12-31-19)26-21(29)18-7-20-28(27-18)8-14(11-32-20)10-30-9-13-1-2-13/h3-5,7,13-14,17H,1-2,6,8-12H2,(H,26,29)/t14?,17-/m1/s1. The maximum Gasteiger partial charge on any atom is 0.416 e. The van der Waals surface area contributed by atoms with Gasteiger partial charge in [-0.05, 0) is 48.9 Å². The third-order valence-electron chi connectivity index (χ3n) is 5.91. The number of nitrogens with zero attached hydrogens (tertiary/aromatic N) is 2. The number of nitrogens with one attached hydrogen (secondary N) is 1. The highest BCUT2D eigenvalue weighted by molar-refractivity contribution is 5.92. The lowest BCUT2D eigenvalue weighted by molar-refractivity contribution is -0.137. The van der Waals surface area contributed by atoms with Crippen LogP contribution in [0.1, 0.15) is 34.5 Å². The zero-order valence-corrected chi connectivity index (χ0v) is 17.4. The minimum absolute atomic E-state index is 0.170. The molecule has 3 aliphatic rings. The first-order valence-electron chi connectivity index (χ1n) is 10.8. The number of amides is 1. The number of alkyl halides is 3. The Labute approximate surface area is 182 Å². The van der Waals surface area contributed by atoms with Crippen molar-refractivity contribution in [1.29, 1.82) is 0 Å². The van der Waals surface area contributed by atoms with Gasteiger partial charge in [0.05, 0.1) is 31.4 Å². The fourth-order valence-electron chi connectivity index (χ4n) is 3.97. The molecule has 32 heavy (non-hydrogen) atoms. The second-order valence-electron chi connectivity index (χ2n) is 8.71. The molecule has 2 aromatic rings. The number of hydrogen-bond acceptors (Lipinski definition) is 5. The van der Waals surface area contributed by atoms with E-state index < -0.39 is 23.7 Å². The van der Waals surface area contributed by atoms with E-state index in [1.54, 1.807) is 10.7 Å². The third kappa shape index (κ3) is 4.69. The van der Waals surface area contributed by atoms with E-state index in [0.29, 0.717) is 42.9 Å². The molecule has 1 N–H and O–H groups in total. The lowest BCUT2D eigenvalue weighted by Gasteiger charge is -2.26. The largest absolute Gasteiger partial charge is 0.491 e. The molecule has 10 heteroatoms. The quantitative estimate of drug-likeness (QED) is 0.731. The van der Waals surface area contributed by atoms with Gasteiger partial charge >= 0.3 is 6.18 Å². The summed E-state index contributed by atoms with van der Waals surface area (Å²) in [6, 6.07) is 4.51. The van der Waals surface area contributed by atoms with Crippen molar-refractivity contribution in [2.75, 3.05) is 26.4 Å². The Hall–Kier alpha value is -2.75. The highest BCUT2D eigenvalue weighted by atomic mass is 19.4. The van der Waals surface area contributed by atoms with Gasteiger partial charge in [-0.3, -0.25) is 4.79 Å². The molecule has 1 aliphatic carbocycles. The number of carbonyl (C=O) groups excluding carboxylic acids is 1. The molecule has 172 valence electrons. The van der Waals surface area contributed by atoms with Crippen molar-refractivity contribution >= 4 is 5.91 Å². The van der Waals surface area contributed by atoms with Gasteiger partial charge in [0.2, 0.25) is 5.88 Å². The lowest BCUT2D eigenvalue weighted by Crippen LogP contribution is -2.43. The molecule has 1 aromatic heterocycles. The van der Waals surface area contributed by atoms with Crippen molar-refractivity contribution < 1.29 is 32.2 Å². The highest BCUT2D eigenvalue weighted by Crippen LogP contribution is 2.34. The van der Waals surface area contributed by atoms with Gasteiger partial charge in [-0.1, -0.05) is 0 Å². The van der Waals surface area contributed by atoms with Crippen molar-refractivity contribution in [1.82, 2.24) is 15.1 Å². The number of rotatable bonds is 6. The van der Waals surface area contributed by atoms with Crippen molar-refractivity contribution in [3.8, 4) is 11.6 Å². The van der Waals surface area contributed by atoms with Gasteiger partial charge in [-0.15, -0.1) is 0 Å². The minimum atomic E-state index is -4.43. The average Bonchev–Trinajstić information content (AvgIpc) is 3.48. The number of aromatic nitrogens is 2. The van der Waals surface area contributed by atoms with Crippen LogP contribution < -0.4 is 14.8 Å². The zero-order chi connectivity index (χ0) is 22.3. The smallest absolute Gasteiger partial charge is 0.416 e. The molecule has 2 aliphatic heterocycles. The van der Waals surface area contributed by atoms with E-state index in [4.69, 9.17) is 14.2 Å². The summed E-state index contributed by atoms with van der Waals surface area (Å²) in [4.78, 5) is 12.7. The SMILES string of the molecule is O=C(N[C@H]1COc2ccc(C(F)(F)F)cc2C1)c1cc2n(n1)CC(COCC1CC1)CO2. The van der Waals surface area contributed by atoms with E-state index in [0.717, 1.165) is 18.7 Å². The van der Waals surface area contributed by atoms with E-state index in [2.05, 4.69) is 10.4 Å². The summed E-state index contributed by atoms with van der Waals surface area (Å²) < 4.78 is 57.7. The van der Waals surface area contributed by atoms with Crippen LogP contribution >= 0.6 is 0 Å². The summed E-state index contributed by atoms with van der Waals surface area (Å²) in [6.45, 7) is 2.66. The van der Waals surface area contributed by atoms with Crippen LogP contribution in [0, 0.1) is 11.8 Å². The number of hydrogen-bond donors (Lipinski definition) is 1. The number of carbonyl (C=O) groups is 1. The molecule has 1 unspecified atom stereocenters. The Bertz CT molecular complexity index is 1000. The van der Waals surface area contributed by atoms with Gasteiger partial charge in [0, 0.05) is 18.6 Å². The normalized spacial score (nSPS) is 22.3. The number of ether oxygens (including phenoxy) is 3. The van der Waals surface area contributed by atoms with Crippen LogP contribution in [0.5, 0.6) is 11.6 Å². The predicted molar refractivity (Wildman–Crippen MR) is 107 cm³/mol. The minimum Gasteiger partial charge on any atom is -0.491 e. The molecule has 1 saturated carbocycles. The van der Waals surface area contributed by atoms with Crippen LogP contribution in [-0.2, 0) is 23.9 Å². The monoisotopic (exact) mass is 451 g/mol. The fraction of sp³-hybridized carbons (Fsp3) is 0.545. The van der Waals surface area contributed by atoms with Gasteiger partial charge in [-0.2, -0.15) is 18.3 Å². The van der Waals surface area contributed by atoms with E-state index in [1.165, 1.54) is 18.9 Å². The topological polar surface area (TPSA) is 74.6 Å². The molecule has 0 saturated heterocycles. The van der Waals surface area contributed by atoms with Crippen LogP contribution in [-0.4, -0.2) is 48.2 Å². The van der Waals surface area contributed by atoms with Crippen LogP contribution in [0.15, 0.2) is 24.3 Å². The van der Waals surface area contributed by atoms with E-state index in [-0.39, 0.29) is 24.6 Å². The number of benzene rings is 1. The molecule has 7 nitrogen and oxygen atoms in total. The molecular formula is C22H24F3N3O4. The third-order valence-corrected chi connectivity index (χ3v) is 5.91. The van der Waals surface area contributed by atoms with Crippen LogP contribution in [0.25, 0.3) is 0 Å². The molecule has 1 aromatic carbocycles. The molecule has 1 fully saturated rings. The van der Waals surface area contributed by atoms with E-state index >= 15 is 0 Å². The van der Waals surface area contributed by atoms with Crippen LogP contribution in [0.2, 0.25) is 0 Å². The van der Waals surface area contributed by atoms with E-state index in [1.807, 2.05) is 0 Å². The first-order chi connectivity index (χ1) is 15.3. The van der Waals surface area contributed by atoms with Crippen LogP contribution in [0.4, 0.5) is 13.2 Å². The van der Waals surface area contributed by atoms with Crippen molar-refractivity contribution in [3.63, 3.8) is 0 Å². The summed E-state index contributed by atoms with van der Waals surface area (Å²) in [6.07, 6.45) is -1.70. The number of halogens is 3. The molecule has 5 rings (SSSR count). The first-order valence-corrected chi connectivity index (χ1v) is 10.8. The molecular weight excluding hydrogens is 427 g/mol. The van der Waals surface area contributed by atoms with Crippen molar-refractivity contribution in [3.05, 3.63) is 41.1 Å². The Morgan fingerprint density at radius 1 is 1.16 bits per heavy atom. The molecule has 0 radical (unpaired) electrons. The van der Waals surface area contributed by atoms with E-state index in [9.17, 15) is 18.0 Å². The predicted octanol–water partition coefficient (Wildman–Crippen LogP) is 3.07. The average molecular weight is 451 g/mol. The van der Waals surface area contributed by atoms with Crippen LogP contribution in [0.3, 0.4) is 0 Å². The molecule has 1 amide bonds. The van der Waals surface area contributed by atoms with Gasteiger partial charge in [0.1, 0.15) is 12.4 Å². The number of fused-ring (bicyclic) bond motifs is 2. The zero-order valence-electron chi connectivity index (χ0n) is 17.4. The Balaban J connectivity index is 1.19. The summed E-state index contributed by atoms with van der Waals surface area (Å²) in [7, 11) is 0. The maximum atomic E-state index is 13.0. The second-order valence-corrected chi connectivity index (χ2v) is 8.71. The fourth-order valence-corrected chi connectivity index (χ4v) is 3.97. The van der Waals surface area contributed by atoms with Crippen molar-refractivity contribution in [2.45, 2.75) is 38.0 Å². The summed E-state index contributed by atoms with van der Waals surface area (Å²) in [5, 5.41) is 7.15. The summed E-state index contributed by atoms with van der Waals surface area (Å²) in [5.41, 5.74) is -0.117. The Morgan fingerprint density at radius 3 is 2.75 bits per heavy atom. The van der Waals surface area contributed by atoms with Gasteiger partial charge in [0.25, 0.3) is 5.91 Å². The summed E-state index contributed by atoms with van der Waals surface area (Å²) >= 11 is 0. The van der Waals surface area contributed by atoms with Gasteiger partial charge < -0.3 is 19.5 Å². The highest BCUT2D eigenvalue weighted by Gasteiger charge is 2.33. The summed E-state index contributed by atoms with van der Waals surface area (Å²) in [5.74, 6) is 1.38. The van der Waals surface area contributed by atoms with Gasteiger partial charge in [0.15, 0.2) is 5.69 Å². The Kier molecular flexibility index (Phi) is 5.48. The first kappa shape index (κ1) is 21.1. The van der Waals surface area contributed by atoms with Crippen molar-refractivity contribution in [2.24, 2.45) is 11.8 Å². The lowest BCUT2D eigenvalue weighted by atomic mass is 10.00. The Morgan fingerprint density at radius 2 is 1.97 bits per heavy atom. The molecule has 0 spiro atoms. The van der Waals surface area contributed by atoms with Gasteiger partial charge in [-0.25, -0.2) is 4.68 Å². The second kappa shape index (κ2) is 8.31.